The van der Waals surface area contributed by atoms with Gasteiger partial charge >= 0.3 is 0 Å². The number of non-ortho nitro benzene ring substituents is 1. The number of Topliss-reactive ketones (excluding diaryl/α,β-unsaturated/α-hetero) is 1. The minimum atomic E-state index is -3.82. The number of nitro benzene ring substituents is 1. The Hall–Kier alpha value is -3.08. The zero-order valence-corrected chi connectivity index (χ0v) is 18.5. The molecule has 3 N–H and O–H groups in total. The molecular weight excluding hydrogens is 486 g/mol. The van der Waals surface area contributed by atoms with Crippen molar-refractivity contribution in [1.29, 1.82) is 0 Å². The van der Waals surface area contributed by atoms with Crippen molar-refractivity contribution in [2.45, 2.75) is 17.4 Å². The minimum absolute atomic E-state index is 0.0316. The predicted octanol–water partition coefficient (Wildman–Crippen LogP) is 4.43. The van der Waals surface area contributed by atoms with E-state index in [0.29, 0.717) is 16.8 Å². The molecule has 0 radical (unpaired) electrons. The van der Waals surface area contributed by atoms with Crippen molar-refractivity contribution in [2.75, 3.05) is 5.32 Å². The van der Waals surface area contributed by atoms with Crippen LogP contribution in [0.1, 0.15) is 28.4 Å². The summed E-state index contributed by atoms with van der Waals surface area (Å²) in [5.41, 5.74) is 1.71. The third-order valence-corrected chi connectivity index (χ3v) is 6.04. The van der Waals surface area contributed by atoms with Crippen LogP contribution in [0.25, 0.3) is 0 Å². The number of nitrogens with zero attached hydrogens (tertiary/aromatic N) is 1. The van der Waals surface area contributed by atoms with Crippen LogP contribution in [0.5, 0.6) is 0 Å². The van der Waals surface area contributed by atoms with Crippen LogP contribution < -0.4 is 10.5 Å². The van der Waals surface area contributed by atoms with Gasteiger partial charge in [-0.05, 0) is 42.0 Å². The van der Waals surface area contributed by atoms with Gasteiger partial charge in [0, 0.05) is 34.3 Å². The summed E-state index contributed by atoms with van der Waals surface area (Å²) in [4.78, 5) is 23.3. The first-order valence-electron chi connectivity index (χ1n) is 9.06. The van der Waals surface area contributed by atoms with E-state index in [1.807, 2.05) is 0 Å². The summed E-state index contributed by atoms with van der Waals surface area (Å²) in [6.45, 7) is 0. The Morgan fingerprint density at radius 1 is 1.00 bits per heavy atom. The zero-order chi connectivity index (χ0) is 22.6. The van der Waals surface area contributed by atoms with Crippen LogP contribution in [0, 0.1) is 10.1 Å². The fraction of sp³-hybridized carbons (Fsp3) is 0.0952. The Labute approximate surface area is 187 Å². The first-order chi connectivity index (χ1) is 14.6. The molecule has 0 spiro atoms. The SMILES string of the molecule is NS(=O)(=O)c1ccc(NC(CC(=O)c2ccc(Br)cc2)c2ccc([N+](=O)[O-])cc2)cc1. The van der Waals surface area contributed by atoms with E-state index in [9.17, 15) is 23.3 Å². The van der Waals surface area contributed by atoms with Crippen LogP contribution >= 0.6 is 15.9 Å². The van der Waals surface area contributed by atoms with Gasteiger partial charge in [-0.25, -0.2) is 13.6 Å². The first-order valence-corrected chi connectivity index (χ1v) is 11.4. The molecule has 0 aliphatic rings. The summed E-state index contributed by atoms with van der Waals surface area (Å²) >= 11 is 3.33. The number of sulfonamides is 1. The van der Waals surface area contributed by atoms with Crippen LogP contribution in [0.3, 0.4) is 0 Å². The second-order valence-electron chi connectivity index (χ2n) is 6.75. The molecule has 0 bridgehead atoms. The highest BCUT2D eigenvalue weighted by atomic mass is 79.9. The Morgan fingerprint density at radius 2 is 1.58 bits per heavy atom. The molecule has 0 saturated heterocycles. The molecule has 31 heavy (non-hydrogen) atoms. The molecule has 0 amide bonds. The molecule has 1 unspecified atom stereocenters. The van der Waals surface area contributed by atoms with Crippen molar-refractivity contribution in [1.82, 2.24) is 0 Å². The Balaban J connectivity index is 1.88. The number of ketones is 1. The highest BCUT2D eigenvalue weighted by molar-refractivity contribution is 9.10. The number of nitrogens with one attached hydrogen (secondary N) is 1. The van der Waals surface area contributed by atoms with Crippen molar-refractivity contribution in [3.05, 3.63) is 98.5 Å². The van der Waals surface area contributed by atoms with Gasteiger partial charge in [0.25, 0.3) is 5.69 Å². The summed E-state index contributed by atoms with van der Waals surface area (Å²) in [6.07, 6.45) is 0.0797. The quantitative estimate of drug-likeness (QED) is 0.265. The van der Waals surface area contributed by atoms with E-state index in [-0.39, 0.29) is 22.8 Å². The summed E-state index contributed by atoms with van der Waals surface area (Å²) in [5.74, 6) is -0.121. The van der Waals surface area contributed by atoms with Gasteiger partial charge in [-0.1, -0.05) is 40.2 Å². The molecule has 3 aromatic rings. The standard InChI is InChI=1S/C21H18BrN3O5S/c22-16-5-1-15(2-6-16)21(26)13-20(14-3-9-18(10-4-14)25(27)28)24-17-7-11-19(12-8-17)31(23,29)30/h1-12,20,24H,13H2,(H2,23,29,30). The molecule has 0 aliphatic heterocycles. The molecule has 10 heteroatoms. The van der Waals surface area contributed by atoms with Gasteiger partial charge in [0.1, 0.15) is 0 Å². The van der Waals surface area contributed by atoms with Gasteiger partial charge in [-0.2, -0.15) is 0 Å². The van der Waals surface area contributed by atoms with Crippen LogP contribution in [0.4, 0.5) is 11.4 Å². The molecule has 8 nitrogen and oxygen atoms in total. The maximum absolute atomic E-state index is 12.8. The summed E-state index contributed by atoms with van der Waals surface area (Å²) in [7, 11) is -3.82. The van der Waals surface area contributed by atoms with Crippen molar-refractivity contribution in [3.8, 4) is 0 Å². The normalized spacial score (nSPS) is 12.2. The topological polar surface area (TPSA) is 132 Å². The van der Waals surface area contributed by atoms with Crippen LogP contribution in [0.2, 0.25) is 0 Å². The average Bonchev–Trinajstić information content (AvgIpc) is 2.73. The van der Waals surface area contributed by atoms with E-state index >= 15 is 0 Å². The molecule has 0 aromatic heterocycles. The number of carbonyl (C=O) groups is 1. The molecule has 0 fully saturated rings. The van der Waals surface area contributed by atoms with E-state index in [4.69, 9.17) is 5.14 Å². The van der Waals surface area contributed by atoms with Gasteiger partial charge in [0.15, 0.2) is 5.78 Å². The van der Waals surface area contributed by atoms with Crippen molar-refractivity contribution < 1.29 is 18.1 Å². The van der Waals surface area contributed by atoms with E-state index in [2.05, 4.69) is 21.2 Å². The number of hydrogen-bond acceptors (Lipinski definition) is 6. The second-order valence-corrected chi connectivity index (χ2v) is 9.23. The van der Waals surface area contributed by atoms with Crippen LogP contribution in [-0.2, 0) is 10.0 Å². The highest BCUT2D eigenvalue weighted by Gasteiger charge is 2.19. The number of nitrogens with two attached hydrogens (primary N) is 1. The fourth-order valence-electron chi connectivity index (χ4n) is 2.96. The van der Waals surface area contributed by atoms with E-state index in [0.717, 1.165) is 4.47 Å². The third-order valence-electron chi connectivity index (χ3n) is 4.59. The summed E-state index contributed by atoms with van der Waals surface area (Å²) < 4.78 is 23.8. The number of nitro groups is 1. The van der Waals surface area contributed by atoms with Crippen LogP contribution in [-0.4, -0.2) is 19.1 Å². The van der Waals surface area contributed by atoms with E-state index in [1.165, 1.54) is 24.3 Å². The molecule has 0 heterocycles. The molecule has 0 aliphatic carbocycles. The summed E-state index contributed by atoms with van der Waals surface area (Å²) in [5, 5.41) is 19.3. The maximum atomic E-state index is 12.8. The monoisotopic (exact) mass is 503 g/mol. The molecule has 3 rings (SSSR count). The fourth-order valence-corrected chi connectivity index (χ4v) is 3.74. The van der Waals surface area contributed by atoms with Gasteiger partial charge < -0.3 is 5.32 Å². The number of primary sulfonamides is 1. The van der Waals surface area contributed by atoms with Gasteiger partial charge in [0.05, 0.1) is 15.9 Å². The lowest BCUT2D eigenvalue weighted by atomic mass is 9.97. The number of anilines is 1. The van der Waals surface area contributed by atoms with E-state index < -0.39 is 21.0 Å². The molecule has 3 aromatic carbocycles. The Bertz CT molecular complexity index is 1200. The van der Waals surface area contributed by atoms with Crippen molar-refractivity contribution in [3.63, 3.8) is 0 Å². The lowest BCUT2D eigenvalue weighted by Gasteiger charge is -2.20. The van der Waals surface area contributed by atoms with Gasteiger partial charge in [-0.15, -0.1) is 0 Å². The first kappa shape index (κ1) is 22.6. The van der Waals surface area contributed by atoms with Gasteiger partial charge in [0.2, 0.25) is 10.0 Å². The molecular formula is C21H18BrN3O5S. The number of benzene rings is 3. The lowest BCUT2D eigenvalue weighted by Crippen LogP contribution is -2.16. The highest BCUT2D eigenvalue weighted by Crippen LogP contribution is 2.27. The van der Waals surface area contributed by atoms with E-state index in [1.54, 1.807) is 48.5 Å². The smallest absolute Gasteiger partial charge is 0.269 e. The second kappa shape index (κ2) is 9.38. The largest absolute Gasteiger partial charge is 0.378 e. The Kier molecular flexibility index (Phi) is 6.84. The Morgan fingerprint density at radius 3 is 2.10 bits per heavy atom. The average molecular weight is 504 g/mol. The number of carbonyl (C=O) groups excluding carboxylic acids is 1. The summed E-state index contributed by atoms with van der Waals surface area (Å²) in [6, 6.07) is 18.2. The lowest BCUT2D eigenvalue weighted by molar-refractivity contribution is -0.384. The third kappa shape index (κ3) is 5.97. The minimum Gasteiger partial charge on any atom is -0.378 e. The van der Waals surface area contributed by atoms with Crippen molar-refractivity contribution >= 4 is 43.1 Å². The van der Waals surface area contributed by atoms with Crippen LogP contribution in [0.15, 0.2) is 82.2 Å². The molecule has 160 valence electrons. The number of rotatable bonds is 8. The van der Waals surface area contributed by atoms with Crippen molar-refractivity contribution in [2.24, 2.45) is 5.14 Å². The molecule has 1 atom stereocenters. The predicted molar refractivity (Wildman–Crippen MR) is 120 cm³/mol. The number of halogens is 1. The molecule has 0 saturated carbocycles. The van der Waals surface area contributed by atoms with Gasteiger partial charge in [-0.3, -0.25) is 14.9 Å². The number of hydrogen-bond donors (Lipinski definition) is 2. The zero-order valence-electron chi connectivity index (χ0n) is 16.1. The maximum Gasteiger partial charge on any atom is 0.269 e.